The SMILES string of the molecule is Cc1ccc(F)cc1OCCCC(C)(CO)NC1CC1. The van der Waals surface area contributed by atoms with Crippen molar-refractivity contribution in [1.82, 2.24) is 5.32 Å². The second-order valence-electron chi connectivity index (χ2n) is 6.00. The van der Waals surface area contributed by atoms with Crippen molar-refractivity contribution in [3.05, 3.63) is 29.6 Å². The van der Waals surface area contributed by atoms with Gasteiger partial charge in [0.25, 0.3) is 0 Å². The van der Waals surface area contributed by atoms with Gasteiger partial charge in [-0.1, -0.05) is 6.07 Å². The zero-order valence-electron chi connectivity index (χ0n) is 12.3. The lowest BCUT2D eigenvalue weighted by molar-refractivity contribution is 0.154. The first-order valence-corrected chi connectivity index (χ1v) is 7.30. The van der Waals surface area contributed by atoms with Gasteiger partial charge in [0.05, 0.1) is 13.2 Å². The highest BCUT2D eigenvalue weighted by Crippen LogP contribution is 2.25. The minimum absolute atomic E-state index is 0.127. The van der Waals surface area contributed by atoms with Crippen LogP contribution in [0.2, 0.25) is 0 Å². The van der Waals surface area contributed by atoms with Gasteiger partial charge in [-0.15, -0.1) is 0 Å². The van der Waals surface area contributed by atoms with Gasteiger partial charge in [-0.25, -0.2) is 4.39 Å². The minimum atomic E-state index is -0.277. The molecular weight excluding hydrogens is 257 g/mol. The zero-order chi connectivity index (χ0) is 14.6. The molecule has 112 valence electrons. The average Bonchev–Trinajstić information content (AvgIpc) is 3.22. The number of aliphatic hydroxyl groups is 1. The fourth-order valence-corrected chi connectivity index (χ4v) is 2.29. The van der Waals surface area contributed by atoms with Gasteiger partial charge < -0.3 is 15.2 Å². The summed E-state index contributed by atoms with van der Waals surface area (Å²) in [7, 11) is 0. The molecule has 1 aromatic carbocycles. The summed E-state index contributed by atoms with van der Waals surface area (Å²) in [6.07, 6.45) is 4.07. The number of benzene rings is 1. The summed E-state index contributed by atoms with van der Waals surface area (Å²) in [4.78, 5) is 0. The zero-order valence-corrected chi connectivity index (χ0v) is 12.3. The normalized spacial score (nSPS) is 17.8. The van der Waals surface area contributed by atoms with Gasteiger partial charge in [0, 0.05) is 17.6 Å². The predicted octanol–water partition coefficient (Wildman–Crippen LogP) is 2.80. The van der Waals surface area contributed by atoms with Crippen LogP contribution in [-0.2, 0) is 0 Å². The van der Waals surface area contributed by atoms with E-state index in [-0.39, 0.29) is 18.0 Å². The Morgan fingerprint density at radius 1 is 1.45 bits per heavy atom. The van der Waals surface area contributed by atoms with E-state index in [0.29, 0.717) is 18.4 Å². The van der Waals surface area contributed by atoms with Crippen LogP contribution in [0.1, 0.15) is 38.2 Å². The number of rotatable bonds is 8. The molecule has 1 unspecified atom stereocenters. The molecule has 0 heterocycles. The number of aliphatic hydroxyl groups excluding tert-OH is 1. The van der Waals surface area contributed by atoms with Crippen LogP contribution in [0.3, 0.4) is 0 Å². The summed E-state index contributed by atoms with van der Waals surface area (Å²) >= 11 is 0. The van der Waals surface area contributed by atoms with E-state index < -0.39 is 0 Å². The molecule has 0 bridgehead atoms. The summed E-state index contributed by atoms with van der Waals surface area (Å²) < 4.78 is 18.8. The van der Waals surface area contributed by atoms with Gasteiger partial charge in [0.1, 0.15) is 11.6 Å². The summed E-state index contributed by atoms with van der Waals surface area (Å²) in [5, 5.41) is 13.0. The van der Waals surface area contributed by atoms with E-state index in [4.69, 9.17) is 4.74 Å². The highest BCUT2D eigenvalue weighted by molar-refractivity contribution is 5.32. The van der Waals surface area contributed by atoms with Crippen LogP contribution in [0.5, 0.6) is 5.75 Å². The maximum atomic E-state index is 13.1. The molecule has 1 aromatic rings. The highest BCUT2D eigenvalue weighted by atomic mass is 19.1. The Balaban J connectivity index is 1.76. The van der Waals surface area contributed by atoms with E-state index >= 15 is 0 Å². The number of hydrogen-bond acceptors (Lipinski definition) is 3. The Bertz CT molecular complexity index is 448. The van der Waals surface area contributed by atoms with E-state index in [1.807, 2.05) is 13.8 Å². The molecular formula is C16H24FNO2. The molecule has 3 nitrogen and oxygen atoms in total. The third-order valence-corrected chi connectivity index (χ3v) is 3.76. The van der Waals surface area contributed by atoms with Gasteiger partial charge in [-0.05, 0) is 51.2 Å². The van der Waals surface area contributed by atoms with Crippen molar-refractivity contribution in [2.24, 2.45) is 0 Å². The van der Waals surface area contributed by atoms with Crippen LogP contribution in [0.4, 0.5) is 4.39 Å². The van der Waals surface area contributed by atoms with E-state index in [0.717, 1.165) is 18.4 Å². The Morgan fingerprint density at radius 3 is 2.85 bits per heavy atom. The monoisotopic (exact) mass is 281 g/mol. The Morgan fingerprint density at radius 2 is 2.20 bits per heavy atom. The van der Waals surface area contributed by atoms with Crippen molar-refractivity contribution in [2.45, 2.75) is 51.1 Å². The maximum Gasteiger partial charge on any atom is 0.126 e. The van der Waals surface area contributed by atoms with Crippen molar-refractivity contribution >= 4 is 0 Å². The van der Waals surface area contributed by atoms with E-state index in [1.165, 1.54) is 25.0 Å². The van der Waals surface area contributed by atoms with E-state index in [2.05, 4.69) is 5.32 Å². The second-order valence-corrected chi connectivity index (χ2v) is 6.00. The Hall–Kier alpha value is -1.13. The average molecular weight is 281 g/mol. The minimum Gasteiger partial charge on any atom is -0.493 e. The first-order chi connectivity index (χ1) is 9.52. The van der Waals surface area contributed by atoms with Crippen LogP contribution < -0.4 is 10.1 Å². The molecule has 0 radical (unpaired) electrons. The summed E-state index contributed by atoms with van der Waals surface area (Å²) in [6.45, 7) is 4.61. The molecule has 1 saturated carbocycles. The van der Waals surface area contributed by atoms with Crippen molar-refractivity contribution in [3.8, 4) is 5.75 Å². The molecule has 0 aliphatic heterocycles. The molecule has 1 aliphatic carbocycles. The molecule has 1 fully saturated rings. The van der Waals surface area contributed by atoms with Gasteiger partial charge >= 0.3 is 0 Å². The summed E-state index contributed by atoms with van der Waals surface area (Å²) in [5.41, 5.74) is 0.703. The van der Waals surface area contributed by atoms with Gasteiger partial charge in [0.15, 0.2) is 0 Å². The Kier molecular flexibility index (Phi) is 5.00. The first-order valence-electron chi connectivity index (χ1n) is 7.30. The molecule has 0 saturated heterocycles. The topological polar surface area (TPSA) is 41.5 Å². The molecule has 0 aromatic heterocycles. The molecule has 20 heavy (non-hydrogen) atoms. The van der Waals surface area contributed by atoms with Crippen LogP contribution >= 0.6 is 0 Å². The molecule has 1 aliphatic rings. The predicted molar refractivity (Wildman–Crippen MR) is 77.5 cm³/mol. The van der Waals surface area contributed by atoms with Gasteiger partial charge in [0.2, 0.25) is 0 Å². The van der Waals surface area contributed by atoms with E-state index in [9.17, 15) is 9.50 Å². The first kappa shape index (κ1) is 15.3. The largest absolute Gasteiger partial charge is 0.493 e. The van der Waals surface area contributed by atoms with Crippen LogP contribution in [-0.4, -0.2) is 29.9 Å². The number of halogens is 1. The van der Waals surface area contributed by atoms with Crippen LogP contribution in [0.15, 0.2) is 18.2 Å². The lowest BCUT2D eigenvalue weighted by atomic mass is 9.97. The standard InChI is InChI=1S/C16H24FNO2/c1-12-4-5-13(17)10-15(12)20-9-3-8-16(2,11-19)18-14-6-7-14/h4-5,10,14,18-19H,3,6-9,11H2,1-2H3. The van der Waals surface area contributed by atoms with Crippen LogP contribution in [0.25, 0.3) is 0 Å². The quantitative estimate of drug-likeness (QED) is 0.720. The summed E-state index contributed by atoms with van der Waals surface area (Å²) in [5.74, 6) is 0.326. The number of ether oxygens (including phenoxy) is 1. The molecule has 0 spiro atoms. The van der Waals surface area contributed by atoms with Crippen molar-refractivity contribution in [2.75, 3.05) is 13.2 Å². The van der Waals surface area contributed by atoms with Gasteiger partial charge in [-0.2, -0.15) is 0 Å². The lowest BCUT2D eigenvalue weighted by Gasteiger charge is -2.29. The van der Waals surface area contributed by atoms with Gasteiger partial charge in [-0.3, -0.25) is 0 Å². The molecule has 0 amide bonds. The molecule has 4 heteroatoms. The van der Waals surface area contributed by atoms with Crippen LogP contribution in [0, 0.1) is 12.7 Å². The highest BCUT2D eigenvalue weighted by Gasteiger charge is 2.31. The third kappa shape index (κ3) is 4.46. The number of nitrogens with one attached hydrogen (secondary N) is 1. The van der Waals surface area contributed by atoms with Crippen molar-refractivity contribution in [1.29, 1.82) is 0 Å². The smallest absolute Gasteiger partial charge is 0.126 e. The van der Waals surface area contributed by atoms with E-state index in [1.54, 1.807) is 6.07 Å². The molecule has 2 rings (SSSR count). The molecule has 1 atom stereocenters. The molecule has 2 N–H and O–H groups in total. The summed E-state index contributed by atoms with van der Waals surface area (Å²) in [6, 6.07) is 5.14. The number of hydrogen-bond donors (Lipinski definition) is 2. The number of aryl methyl sites for hydroxylation is 1. The van der Waals surface area contributed by atoms with Crippen molar-refractivity contribution in [3.63, 3.8) is 0 Å². The van der Waals surface area contributed by atoms with Crippen molar-refractivity contribution < 1.29 is 14.2 Å². The fraction of sp³-hybridized carbons (Fsp3) is 0.625. The fourth-order valence-electron chi connectivity index (χ4n) is 2.29. The Labute approximate surface area is 120 Å². The third-order valence-electron chi connectivity index (χ3n) is 3.76. The lowest BCUT2D eigenvalue weighted by Crippen LogP contribution is -2.47. The second kappa shape index (κ2) is 6.55. The maximum absolute atomic E-state index is 13.1.